The summed E-state index contributed by atoms with van der Waals surface area (Å²) in [6, 6.07) is 0.904. The van der Waals surface area contributed by atoms with Crippen molar-refractivity contribution in [1.29, 1.82) is 0 Å². The molecule has 0 saturated carbocycles. The van der Waals surface area contributed by atoms with Gasteiger partial charge in [0.2, 0.25) is 12.3 Å². The molecule has 96 valence electrons. The number of nitrogens with one attached hydrogen (secondary N) is 1. The van der Waals surface area contributed by atoms with Gasteiger partial charge in [-0.1, -0.05) is 0 Å². The van der Waals surface area contributed by atoms with Crippen LogP contribution in [0.15, 0.2) is 0 Å². The molecule has 0 aliphatic carbocycles. The molecule has 0 aromatic carbocycles. The molecular formula is C12H21N3O2. The molecule has 2 rings (SSSR count). The predicted molar refractivity (Wildman–Crippen MR) is 64.5 cm³/mol. The molecule has 2 heterocycles. The molecule has 0 radical (unpaired) electrons. The third-order valence-electron chi connectivity index (χ3n) is 3.79. The molecule has 1 atom stereocenters. The number of nitrogens with zero attached hydrogens (tertiary/aromatic N) is 2. The summed E-state index contributed by atoms with van der Waals surface area (Å²) in [5.74, 6) is 0.0626. The van der Waals surface area contributed by atoms with Crippen molar-refractivity contribution < 1.29 is 9.59 Å². The van der Waals surface area contributed by atoms with Crippen molar-refractivity contribution in [1.82, 2.24) is 15.1 Å². The average molecular weight is 239 g/mol. The largest absolute Gasteiger partial charge is 0.352 e. The lowest BCUT2D eigenvalue weighted by Crippen LogP contribution is -2.45. The molecular weight excluding hydrogens is 218 g/mol. The summed E-state index contributed by atoms with van der Waals surface area (Å²) in [5.41, 5.74) is 0. The molecule has 5 heteroatoms. The van der Waals surface area contributed by atoms with E-state index >= 15 is 0 Å². The standard InChI is InChI=1S/C12H21N3O2/c1-10(17)13-11-2-7-15(8-11)12-3-5-14(9-16)6-4-12/h9,11-12H,2-8H2,1H3,(H,13,17). The average Bonchev–Trinajstić information content (AvgIpc) is 2.77. The van der Waals surface area contributed by atoms with Crippen molar-refractivity contribution in [2.75, 3.05) is 26.2 Å². The van der Waals surface area contributed by atoms with Crippen LogP contribution < -0.4 is 5.32 Å². The fourth-order valence-electron chi connectivity index (χ4n) is 2.88. The molecule has 0 aromatic heterocycles. The highest BCUT2D eigenvalue weighted by atomic mass is 16.1. The number of carbonyl (C=O) groups is 2. The lowest BCUT2D eigenvalue weighted by atomic mass is 10.0. The van der Waals surface area contributed by atoms with Crippen LogP contribution in [0.4, 0.5) is 0 Å². The maximum atomic E-state index is 11.0. The third-order valence-corrected chi connectivity index (χ3v) is 3.79. The Labute approximate surface area is 102 Å². The van der Waals surface area contributed by atoms with Crippen LogP contribution in [0.25, 0.3) is 0 Å². The van der Waals surface area contributed by atoms with Gasteiger partial charge >= 0.3 is 0 Å². The zero-order valence-corrected chi connectivity index (χ0v) is 10.4. The van der Waals surface area contributed by atoms with Gasteiger partial charge in [0.15, 0.2) is 0 Å². The first-order valence-electron chi connectivity index (χ1n) is 6.39. The highest BCUT2D eigenvalue weighted by Gasteiger charge is 2.30. The smallest absolute Gasteiger partial charge is 0.217 e. The van der Waals surface area contributed by atoms with Gasteiger partial charge in [0.25, 0.3) is 0 Å². The number of hydrogen-bond donors (Lipinski definition) is 1. The number of carbonyl (C=O) groups excluding carboxylic acids is 2. The second-order valence-corrected chi connectivity index (χ2v) is 5.05. The van der Waals surface area contributed by atoms with Crippen LogP contribution in [-0.4, -0.2) is 60.4 Å². The Hall–Kier alpha value is -1.10. The highest BCUT2D eigenvalue weighted by molar-refractivity contribution is 5.73. The minimum atomic E-state index is 0.0626. The monoisotopic (exact) mass is 239 g/mol. The van der Waals surface area contributed by atoms with E-state index in [9.17, 15) is 9.59 Å². The molecule has 2 amide bonds. The minimum absolute atomic E-state index is 0.0626. The summed E-state index contributed by atoms with van der Waals surface area (Å²) in [7, 11) is 0. The number of amides is 2. The number of piperidine rings is 1. The molecule has 0 aromatic rings. The van der Waals surface area contributed by atoms with Gasteiger partial charge in [0.05, 0.1) is 0 Å². The first kappa shape index (κ1) is 12.4. The van der Waals surface area contributed by atoms with Crippen LogP contribution in [0.5, 0.6) is 0 Å². The van der Waals surface area contributed by atoms with Gasteiger partial charge in [-0.25, -0.2) is 0 Å². The van der Waals surface area contributed by atoms with Crippen LogP contribution in [0.3, 0.4) is 0 Å². The number of rotatable bonds is 3. The van der Waals surface area contributed by atoms with E-state index in [0.717, 1.165) is 51.9 Å². The Balaban J connectivity index is 1.77. The van der Waals surface area contributed by atoms with E-state index < -0.39 is 0 Å². The molecule has 0 spiro atoms. The fourth-order valence-corrected chi connectivity index (χ4v) is 2.88. The summed E-state index contributed by atoms with van der Waals surface area (Å²) in [4.78, 5) is 25.9. The van der Waals surface area contributed by atoms with Crippen molar-refractivity contribution in [2.24, 2.45) is 0 Å². The molecule has 1 unspecified atom stereocenters. The second kappa shape index (κ2) is 5.49. The van der Waals surface area contributed by atoms with E-state index in [4.69, 9.17) is 0 Å². The molecule has 2 fully saturated rings. The maximum absolute atomic E-state index is 11.0. The highest BCUT2D eigenvalue weighted by Crippen LogP contribution is 2.20. The maximum Gasteiger partial charge on any atom is 0.217 e. The lowest BCUT2D eigenvalue weighted by Gasteiger charge is -2.35. The summed E-state index contributed by atoms with van der Waals surface area (Å²) >= 11 is 0. The molecule has 17 heavy (non-hydrogen) atoms. The van der Waals surface area contributed by atoms with Crippen molar-refractivity contribution in [3.63, 3.8) is 0 Å². The van der Waals surface area contributed by atoms with E-state index in [1.807, 2.05) is 4.90 Å². The molecule has 1 N–H and O–H groups in total. The van der Waals surface area contributed by atoms with Gasteiger partial charge in [-0.2, -0.15) is 0 Å². The van der Waals surface area contributed by atoms with Crippen LogP contribution in [-0.2, 0) is 9.59 Å². The Morgan fingerprint density at radius 1 is 1.24 bits per heavy atom. The fraction of sp³-hybridized carbons (Fsp3) is 0.833. The molecule has 5 nitrogen and oxygen atoms in total. The summed E-state index contributed by atoms with van der Waals surface area (Å²) < 4.78 is 0. The van der Waals surface area contributed by atoms with E-state index in [-0.39, 0.29) is 5.91 Å². The minimum Gasteiger partial charge on any atom is -0.352 e. The van der Waals surface area contributed by atoms with E-state index in [0.29, 0.717) is 12.1 Å². The Morgan fingerprint density at radius 3 is 2.53 bits per heavy atom. The zero-order chi connectivity index (χ0) is 12.3. The molecule has 2 saturated heterocycles. The van der Waals surface area contributed by atoms with Gasteiger partial charge in [-0.15, -0.1) is 0 Å². The van der Waals surface area contributed by atoms with Gasteiger partial charge < -0.3 is 10.2 Å². The summed E-state index contributed by atoms with van der Waals surface area (Å²) in [5, 5.41) is 2.98. The Bertz CT molecular complexity index is 287. The van der Waals surface area contributed by atoms with Gasteiger partial charge in [0, 0.05) is 45.2 Å². The Kier molecular flexibility index (Phi) is 3.99. The van der Waals surface area contributed by atoms with E-state index in [1.165, 1.54) is 0 Å². The van der Waals surface area contributed by atoms with E-state index in [1.54, 1.807) is 6.92 Å². The summed E-state index contributed by atoms with van der Waals surface area (Å²) in [6.45, 7) is 5.35. The summed E-state index contributed by atoms with van der Waals surface area (Å²) in [6.07, 6.45) is 4.12. The SMILES string of the molecule is CC(=O)NC1CCN(C2CCN(C=O)CC2)C1. The van der Waals surface area contributed by atoms with Crippen molar-refractivity contribution in [3.8, 4) is 0 Å². The molecule has 2 aliphatic heterocycles. The topological polar surface area (TPSA) is 52.7 Å². The van der Waals surface area contributed by atoms with Gasteiger partial charge in [-0.05, 0) is 19.3 Å². The predicted octanol–water partition coefficient (Wildman–Crippen LogP) is -0.182. The molecule has 0 bridgehead atoms. The lowest BCUT2D eigenvalue weighted by molar-refractivity contribution is -0.120. The quantitative estimate of drug-likeness (QED) is 0.695. The number of hydrogen-bond acceptors (Lipinski definition) is 3. The van der Waals surface area contributed by atoms with E-state index in [2.05, 4.69) is 10.2 Å². The molecule has 2 aliphatic rings. The Morgan fingerprint density at radius 2 is 1.94 bits per heavy atom. The van der Waals surface area contributed by atoms with Crippen LogP contribution in [0.1, 0.15) is 26.2 Å². The van der Waals surface area contributed by atoms with Crippen LogP contribution in [0.2, 0.25) is 0 Å². The first-order valence-corrected chi connectivity index (χ1v) is 6.39. The van der Waals surface area contributed by atoms with Gasteiger partial charge in [0.1, 0.15) is 0 Å². The van der Waals surface area contributed by atoms with Crippen LogP contribution >= 0.6 is 0 Å². The third kappa shape index (κ3) is 3.19. The van der Waals surface area contributed by atoms with Gasteiger partial charge in [-0.3, -0.25) is 14.5 Å². The zero-order valence-electron chi connectivity index (χ0n) is 10.4. The first-order chi connectivity index (χ1) is 8.19. The van der Waals surface area contributed by atoms with Crippen molar-refractivity contribution in [2.45, 2.75) is 38.3 Å². The number of likely N-dealkylation sites (tertiary alicyclic amines) is 2. The van der Waals surface area contributed by atoms with Crippen molar-refractivity contribution in [3.05, 3.63) is 0 Å². The normalized spacial score (nSPS) is 27.1. The van der Waals surface area contributed by atoms with Crippen molar-refractivity contribution >= 4 is 12.3 Å². The second-order valence-electron chi connectivity index (χ2n) is 5.05. The van der Waals surface area contributed by atoms with Crippen LogP contribution in [0, 0.1) is 0 Å².